The van der Waals surface area contributed by atoms with Crippen LogP contribution in [0.4, 0.5) is 0 Å². The molecule has 1 N–H and O–H groups in total. The van der Waals surface area contributed by atoms with Gasteiger partial charge in [0.1, 0.15) is 11.9 Å². The van der Waals surface area contributed by atoms with Gasteiger partial charge in [-0.1, -0.05) is 0 Å². The molecule has 0 radical (unpaired) electrons. The summed E-state index contributed by atoms with van der Waals surface area (Å²) in [5.74, 6) is 0.0602. The van der Waals surface area contributed by atoms with Crippen molar-refractivity contribution in [1.82, 2.24) is 10.2 Å². The molecule has 0 aromatic heterocycles. The van der Waals surface area contributed by atoms with E-state index in [0.29, 0.717) is 32.5 Å². The normalized spacial score (nSPS) is 23.1. The summed E-state index contributed by atoms with van der Waals surface area (Å²) in [6.07, 6.45) is 3.60. The Morgan fingerprint density at radius 2 is 1.86 bits per heavy atom. The van der Waals surface area contributed by atoms with Crippen molar-refractivity contribution >= 4 is 17.6 Å². The van der Waals surface area contributed by atoms with Crippen LogP contribution in [0.1, 0.15) is 45.4 Å². The molecule has 1 unspecified atom stereocenters. The Hall–Kier alpha value is -1.43. The van der Waals surface area contributed by atoms with E-state index in [9.17, 15) is 14.4 Å². The molecule has 0 aromatic rings. The molecule has 0 bridgehead atoms. The summed E-state index contributed by atoms with van der Waals surface area (Å²) in [6, 6.07) is 0.124. The molecule has 0 spiro atoms. The summed E-state index contributed by atoms with van der Waals surface area (Å²) in [6.45, 7) is 3.46. The lowest BCUT2D eigenvalue weighted by molar-refractivity contribution is -0.134. The van der Waals surface area contributed by atoms with Crippen LogP contribution in [0.2, 0.25) is 0 Å². The van der Waals surface area contributed by atoms with E-state index in [1.807, 2.05) is 0 Å². The van der Waals surface area contributed by atoms with Crippen LogP contribution in [-0.4, -0.2) is 54.3 Å². The summed E-state index contributed by atoms with van der Waals surface area (Å²) in [5.41, 5.74) is 0. The number of ether oxygens (including phenoxy) is 1. The quantitative estimate of drug-likeness (QED) is 0.808. The Balaban J connectivity index is 1.69. The van der Waals surface area contributed by atoms with Crippen LogP contribution in [0.15, 0.2) is 0 Å². The second kappa shape index (κ2) is 7.54. The molecule has 1 atom stereocenters. The maximum Gasteiger partial charge on any atom is 0.249 e. The van der Waals surface area contributed by atoms with Crippen LogP contribution in [0.3, 0.4) is 0 Å². The maximum absolute atomic E-state index is 12.0. The second-order valence-corrected chi connectivity index (χ2v) is 5.87. The summed E-state index contributed by atoms with van der Waals surface area (Å²) < 4.78 is 5.36. The molecule has 0 aromatic carbocycles. The molecule has 2 heterocycles. The summed E-state index contributed by atoms with van der Waals surface area (Å²) >= 11 is 0. The number of carbonyl (C=O) groups is 3. The maximum atomic E-state index is 12.0. The number of amides is 2. The fraction of sp³-hybridized carbons (Fsp3) is 0.800. The molecule has 2 aliphatic rings. The number of ketones is 1. The highest BCUT2D eigenvalue weighted by molar-refractivity contribution is 5.83. The van der Waals surface area contributed by atoms with Crippen molar-refractivity contribution in [3.8, 4) is 0 Å². The highest BCUT2D eigenvalue weighted by atomic mass is 16.5. The van der Waals surface area contributed by atoms with Gasteiger partial charge in [0.15, 0.2) is 0 Å². The Bertz CT molecular complexity index is 396. The molecule has 0 saturated carbocycles. The molecule has 6 heteroatoms. The number of likely N-dealkylation sites (tertiary alicyclic amines) is 1. The van der Waals surface area contributed by atoms with E-state index in [2.05, 4.69) is 5.32 Å². The average molecular weight is 296 g/mol. The van der Waals surface area contributed by atoms with Crippen LogP contribution in [0, 0.1) is 0 Å². The molecular formula is C15H24N2O4. The topological polar surface area (TPSA) is 75.7 Å². The van der Waals surface area contributed by atoms with Gasteiger partial charge in [-0.2, -0.15) is 0 Å². The van der Waals surface area contributed by atoms with Crippen LogP contribution in [-0.2, 0) is 19.1 Å². The van der Waals surface area contributed by atoms with Crippen molar-refractivity contribution in [1.29, 1.82) is 0 Å². The number of nitrogens with zero attached hydrogens (tertiary/aromatic N) is 1. The highest BCUT2D eigenvalue weighted by Gasteiger charge is 2.28. The number of carbonyl (C=O) groups excluding carboxylic acids is 3. The standard InChI is InChI=1S/C15H24N2O4/c1-11(18)4-5-14(19)17-8-6-12(7-9-17)16-15(20)13-3-2-10-21-13/h12-13H,2-10H2,1H3,(H,16,20). The molecule has 6 nitrogen and oxygen atoms in total. The fourth-order valence-electron chi connectivity index (χ4n) is 2.79. The zero-order valence-corrected chi connectivity index (χ0v) is 12.6. The monoisotopic (exact) mass is 296 g/mol. The van der Waals surface area contributed by atoms with E-state index in [-0.39, 0.29) is 29.7 Å². The number of hydrogen-bond donors (Lipinski definition) is 1. The molecule has 2 saturated heterocycles. The van der Waals surface area contributed by atoms with Crippen LogP contribution < -0.4 is 5.32 Å². The van der Waals surface area contributed by atoms with Gasteiger partial charge in [0.05, 0.1) is 0 Å². The first-order valence-corrected chi connectivity index (χ1v) is 7.75. The zero-order chi connectivity index (χ0) is 15.2. The summed E-state index contributed by atoms with van der Waals surface area (Å²) in [5, 5.41) is 3.01. The zero-order valence-electron chi connectivity index (χ0n) is 12.6. The van der Waals surface area contributed by atoms with Crippen molar-refractivity contribution < 1.29 is 19.1 Å². The molecule has 2 fully saturated rings. The predicted octanol–water partition coefficient (Wildman–Crippen LogP) is 0.642. The molecule has 2 amide bonds. The number of nitrogens with one attached hydrogen (secondary N) is 1. The van der Waals surface area contributed by atoms with E-state index in [4.69, 9.17) is 4.74 Å². The fourth-order valence-corrected chi connectivity index (χ4v) is 2.79. The van der Waals surface area contributed by atoms with Crippen LogP contribution in [0.25, 0.3) is 0 Å². The lowest BCUT2D eigenvalue weighted by Crippen LogP contribution is -2.48. The minimum Gasteiger partial charge on any atom is -0.368 e. The molecule has 2 rings (SSSR count). The number of piperidine rings is 1. The van der Waals surface area contributed by atoms with Crippen molar-refractivity contribution in [3.63, 3.8) is 0 Å². The summed E-state index contributed by atoms with van der Waals surface area (Å²) in [4.78, 5) is 36.5. The third-order valence-electron chi connectivity index (χ3n) is 4.11. The third-order valence-corrected chi connectivity index (χ3v) is 4.11. The molecule has 118 valence electrons. The van der Waals surface area contributed by atoms with Gasteiger partial charge >= 0.3 is 0 Å². The average Bonchev–Trinajstić information content (AvgIpc) is 3.00. The Labute approximate surface area is 125 Å². The van der Waals surface area contributed by atoms with E-state index < -0.39 is 0 Å². The smallest absolute Gasteiger partial charge is 0.249 e. The molecule has 0 aliphatic carbocycles. The number of hydrogen-bond acceptors (Lipinski definition) is 4. The van der Waals surface area contributed by atoms with Gasteiger partial charge < -0.3 is 19.7 Å². The van der Waals surface area contributed by atoms with E-state index in [1.165, 1.54) is 6.92 Å². The van der Waals surface area contributed by atoms with Gasteiger partial charge in [0.2, 0.25) is 11.8 Å². The van der Waals surface area contributed by atoms with E-state index in [0.717, 1.165) is 25.7 Å². The Kier molecular flexibility index (Phi) is 5.73. The second-order valence-electron chi connectivity index (χ2n) is 5.87. The number of rotatable bonds is 5. The van der Waals surface area contributed by atoms with Gasteiger partial charge in [-0.25, -0.2) is 0 Å². The first-order valence-electron chi connectivity index (χ1n) is 7.75. The highest BCUT2D eigenvalue weighted by Crippen LogP contribution is 2.15. The van der Waals surface area contributed by atoms with Crippen molar-refractivity contribution in [2.75, 3.05) is 19.7 Å². The van der Waals surface area contributed by atoms with Gasteiger partial charge in [-0.05, 0) is 32.6 Å². The number of Topliss-reactive ketones (excluding diaryl/α,β-unsaturated/α-hetero) is 1. The lowest BCUT2D eigenvalue weighted by Gasteiger charge is -2.32. The van der Waals surface area contributed by atoms with Gasteiger partial charge in [0.25, 0.3) is 0 Å². The van der Waals surface area contributed by atoms with Gasteiger partial charge in [-0.3, -0.25) is 9.59 Å². The largest absolute Gasteiger partial charge is 0.368 e. The Morgan fingerprint density at radius 3 is 2.43 bits per heavy atom. The SMILES string of the molecule is CC(=O)CCC(=O)N1CCC(NC(=O)C2CCCO2)CC1. The van der Waals surface area contributed by atoms with Crippen LogP contribution in [0.5, 0.6) is 0 Å². The molecule has 21 heavy (non-hydrogen) atoms. The molecule has 2 aliphatic heterocycles. The first kappa shape index (κ1) is 15.9. The third kappa shape index (κ3) is 4.81. The van der Waals surface area contributed by atoms with Crippen molar-refractivity contribution in [3.05, 3.63) is 0 Å². The van der Waals surface area contributed by atoms with E-state index >= 15 is 0 Å². The minimum atomic E-state index is -0.291. The van der Waals surface area contributed by atoms with Gasteiger partial charge in [0, 0.05) is 38.6 Å². The lowest BCUT2D eigenvalue weighted by atomic mass is 10.0. The predicted molar refractivity (Wildman–Crippen MR) is 76.6 cm³/mol. The van der Waals surface area contributed by atoms with E-state index in [1.54, 1.807) is 4.90 Å². The van der Waals surface area contributed by atoms with Crippen molar-refractivity contribution in [2.45, 2.75) is 57.6 Å². The molecular weight excluding hydrogens is 272 g/mol. The summed E-state index contributed by atoms with van der Waals surface area (Å²) in [7, 11) is 0. The first-order chi connectivity index (χ1) is 10.1. The van der Waals surface area contributed by atoms with Gasteiger partial charge in [-0.15, -0.1) is 0 Å². The van der Waals surface area contributed by atoms with Crippen molar-refractivity contribution in [2.24, 2.45) is 0 Å². The van der Waals surface area contributed by atoms with Crippen LogP contribution >= 0.6 is 0 Å². The minimum absolute atomic E-state index is 0.0196. The Morgan fingerprint density at radius 1 is 1.14 bits per heavy atom.